The number of nitrogens with zero attached hydrogens (tertiary/aromatic N) is 1. The van der Waals surface area contributed by atoms with E-state index in [0.29, 0.717) is 6.42 Å². The van der Waals surface area contributed by atoms with Crippen LogP contribution in [0.1, 0.15) is 24.8 Å². The van der Waals surface area contributed by atoms with Gasteiger partial charge in [-0.1, -0.05) is 42.5 Å². The van der Waals surface area contributed by atoms with Crippen LogP contribution in [0.25, 0.3) is 6.08 Å². The van der Waals surface area contributed by atoms with E-state index in [1.54, 1.807) is 4.90 Å². The van der Waals surface area contributed by atoms with Gasteiger partial charge in [-0.3, -0.25) is 4.79 Å². The van der Waals surface area contributed by atoms with Gasteiger partial charge in [-0.25, -0.2) is 0 Å². The van der Waals surface area contributed by atoms with Crippen molar-refractivity contribution >= 4 is 12.0 Å². The van der Waals surface area contributed by atoms with E-state index < -0.39 is 0 Å². The summed E-state index contributed by atoms with van der Waals surface area (Å²) >= 11 is 0. The molecule has 1 aliphatic heterocycles. The fraction of sp³-hybridized carbons (Fsp3) is 0.400. The molecule has 0 spiro atoms. The SMILES string of the molecule is O=C(C/C=C/c1ccccc1)N1CCC[C@H]1CO. The van der Waals surface area contributed by atoms with E-state index in [1.807, 2.05) is 42.5 Å². The molecule has 1 aromatic carbocycles. The summed E-state index contributed by atoms with van der Waals surface area (Å²) < 4.78 is 0. The van der Waals surface area contributed by atoms with Gasteiger partial charge in [0.1, 0.15) is 0 Å². The van der Waals surface area contributed by atoms with Gasteiger partial charge in [0.05, 0.1) is 12.6 Å². The van der Waals surface area contributed by atoms with Gasteiger partial charge in [0.15, 0.2) is 0 Å². The van der Waals surface area contributed by atoms with Crippen molar-refractivity contribution in [2.24, 2.45) is 0 Å². The van der Waals surface area contributed by atoms with E-state index in [0.717, 1.165) is 24.9 Å². The molecule has 2 rings (SSSR count). The van der Waals surface area contributed by atoms with Crippen LogP contribution in [0.15, 0.2) is 36.4 Å². The van der Waals surface area contributed by atoms with Crippen LogP contribution < -0.4 is 0 Å². The number of carbonyl (C=O) groups is 1. The van der Waals surface area contributed by atoms with Gasteiger partial charge in [-0.2, -0.15) is 0 Å². The minimum absolute atomic E-state index is 0.0302. The number of hydrogen-bond donors (Lipinski definition) is 1. The first kappa shape index (κ1) is 12.8. The number of likely N-dealkylation sites (tertiary alicyclic amines) is 1. The molecule has 0 aliphatic carbocycles. The summed E-state index contributed by atoms with van der Waals surface area (Å²) in [7, 11) is 0. The quantitative estimate of drug-likeness (QED) is 0.882. The molecule has 1 saturated heterocycles. The lowest BCUT2D eigenvalue weighted by atomic mass is 10.2. The smallest absolute Gasteiger partial charge is 0.226 e. The van der Waals surface area contributed by atoms with Gasteiger partial charge >= 0.3 is 0 Å². The van der Waals surface area contributed by atoms with Crippen LogP contribution >= 0.6 is 0 Å². The Morgan fingerprint density at radius 1 is 1.39 bits per heavy atom. The lowest BCUT2D eigenvalue weighted by molar-refractivity contribution is -0.131. The molecule has 1 atom stereocenters. The zero-order valence-corrected chi connectivity index (χ0v) is 10.5. The third-order valence-corrected chi connectivity index (χ3v) is 3.31. The van der Waals surface area contributed by atoms with Crippen molar-refractivity contribution in [3.63, 3.8) is 0 Å². The summed E-state index contributed by atoms with van der Waals surface area (Å²) in [6, 6.07) is 9.97. The van der Waals surface area contributed by atoms with Gasteiger partial charge in [-0.15, -0.1) is 0 Å². The maximum Gasteiger partial charge on any atom is 0.226 e. The maximum absolute atomic E-state index is 12.0. The van der Waals surface area contributed by atoms with Gasteiger partial charge in [0.25, 0.3) is 0 Å². The van der Waals surface area contributed by atoms with Crippen LogP contribution in [-0.4, -0.2) is 35.1 Å². The standard InChI is InChI=1S/C15H19NO2/c17-12-14-9-5-11-16(14)15(18)10-4-8-13-6-2-1-3-7-13/h1-4,6-8,14,17H,5,9-12H2/b8-4+/t14-/m0/s1. The van der Waals surface area contributed by atoms with Crippen LogP contribution in [0, 0.1) is 0 Å². The Labute approximate surface area is 108 Å². The topological polar surface area (TPSA) is 40.5 Å². The highest BCUT2D eigenvalue weighted by molar-refractivity contribution is 5.79. The lowest BCUT2D eigenvalue weighted by Gasteiger charge is -2.22. The van der Waals surface area contributed by atoms with Crippen molar-refractivity contribution in [1.29, 1.82) is 0 Å². The van der Waals surface area contributed by atoms with Crippen LogP contribution in [0.4, 0.5) is 0 Å². The third kappa shape index (κ3) is 3.20. The molecule has 1 amide bonds. The summed E-state index contributed by atoms with van der Waals surface area (Å²) in [5.41, 5.74) is 1.10. The van der Waals surface area contributed by atoms with Crippen molar-refractivity contribution in [2.75, 3.05) is 13.2 Å². The Balaban J connectivity index is 1.87. The molecular formula is C15H19NO2. The summed E-state index contributed by atoms with van der Waals surface area (Å²) in [6.45, 7) is 0.859. The highest BCUT2D eigenvalue weighted by Crippen LogP contribution is 2.17. The molecule has 18 heavy (non-hydrogen) atoms. The molecule has 3 heteroatoms. The number of hydrogen-bond acceptors (Lipinski definition) is 2. The molecule has 1 aliphatic rings. The minimum Gasteiger partial charge on any atom is -0.394 e. The van der Waals surface area contributed by atoms with Crippen LogP contribution in [0.3, 0.4) is 0 Å². The Kier molecular flexibility index (Phi) is 4.53. The highest BCUT2D eigenvalue weighted by Gasteiger charge is 2.26. The second-order valence-corrected chi connectivity index (χ2v) is 4.58. The Morgan fingerprint density at radius 2 is 2.17 bits per heavy atom. The van der Waals surface area contributed by atoms with E-state index in [9.17, 15) is 9.90 Å². The molecule has 96 valence electrons. The molecule has 1 fully saturated rings. The molecule has 0 bridgehead atoms. The minimum atomic E-state index is 0.0302. The normalized spacial score (nSPS) is 19.6. The number of aliphatic hydroxyl groups excluding tert-OH is 1. The van der Waals surface area contributed by atoms with Gasteiger partial charge < -0.3 is 10.0 Å². The number of amides is 1. The maximum atomic E-state index is 12.0. The number of benzene rings is 1. The second kappa shape index (κ2) is 6.36. The van der Waals surface area contributed by atoms with E-state index in [1.165, 1.54) is 0 Å². The third-order valence-electron chi connectivity index (χ3n) is 3.31. The average molecular weight is 245 g/mol. The zero-order chi connectivity index (χ0) is 12.8. The van der Waals surface area contributed by atoms with Crippen molar-refractivity contribution in [3.8, 4) is 0 Å². The lowest BCUT2D eigenvalue weighted by Crippen LogP contribution is -2.37. The van der Waals surface area contributed by atoms with Crippen molar-refractivity contribution in [3.05, 3.63) is 42.0 Å². The predicted octanol–water partition coefficient (Wildman–Crippen LogP) is 2.07. The predicted molar refractivity (Wildman–Crippen MR) is 71.9 cm³/mol. The molecule has 0 unspecified atom stereocenters. The summed E-state index contributed by atoms with van der Waals surface area (Å²) in [6.07, 6.45) is 6.18. The first-order valence-electron chi connectivity index (χ1n) is 6.43. The molecule has 0 aromatic heterocycles. The van der Waals surface area contributed by atoms with Gasteiger partial charge in [0.2, 0.25) is 5.91 Å². The van der Waals surface area contributed by atoms with Crippen molar-refractivity contribution < 1.29 is 9.90 Å². The van der Waals surface area contributed by atoms with E-state index >= 15 is 0 Å². The van der Waals surface area contributed by atoms with Crippen LogP contribution in [-0.2, 0) is 4.79 Å². The summed E-state index contributed by atoms with van der Waals surface area (Å²) in [4.78, 5) is 13.8. The highest BCUT2D eigenvalue weighted by atomic mass is 16.3. The monoisotopic (exact) mass is 245 g/mol. The van der Waals surface area contributed by atoms with Crippen molar-refractivity contribution in [2.45, 2.75) is 25.3 Å². The molecule has 1 heterocycles. The van der Waals surface area contributed by atoms with Crippen LogP contribution in [0.2, 0.25) is 0 Å². The Bertz CT molecular complexity index is 414. The number of rotatable bonds is 4. The van der Waals surface area contributed by atoms with Crippen molar-refractivity contribution in [1.82, 2.24) is 4.90 Å². The van der Waals surface area contributed by atoms with Crippen LogP contribution in [0.5, 0.6) is 0 Å². The van der Waals surface area contributed by atoms with E-state index in [2.05, 4.69) is 0 Å². The second-order valence-electron chi connectivity index (χ2n) is 4.58. The number of aliphatic hydroxyl groups is 1. The molecule has 1 N–H and O–H groups in total. The first-order chi connectivity index (χ1) is 8.81. The molecule has 0 radical (unpaired) electrons. The first-order valence-corrected chi connectivity index (χ1v) is 6.43. The van der Waals surface area contributed by atoms with Gasteiger partial charge in [0, 0.05) is 13.0 Å². The molecule has 0 saturated carbocycles. The summed E-state index contributed by atoms with van der Waals surface area (Å²) in [5.74, 6) is 0.110. The van der Waals surface area contributed by atoms with E-state index in [4.69, 9.17) is 0 Å². The molecule has 1 aromatic rings. The number of carbonyl (C=O) groups excluding carboxylic acids is 1. The van der Waals surface area contributed by atoms with Gasteiger partial charge in [-0.05, 0) is 18.4 Å². The fourth-order valence-corrected chi connectivity index (χ4v) is 2.33. The zero-order valence-electron chi connectivity index (χ0n) is 10.5. The molecule has 3 nitrogen and oxygen atoms in total. The van der Waals surface area contributed by atoms with E-state index in [-0.39, 0.29) is 18.6 Å². The summed E-state index contributed by atoms with van der Waals surface area (Å²) in [5, 5.41) is 9.18. The Morgan fingerprint density at radius 3 is 2.89 bits per heavy atom. The fourth-order valence-electron chi connectivity index (χ4n) is 2.33. The molecular weight excluding hydrogens is 226 g/mol. The average Bonchev–Trinajstić information content (AvgIpc) is 2.88. The largest absolute Gasteiger partial charge is 0.394 e. The Hall–Kier alpha value is -1.61.